The summed E-state index contributed by atoms with van der Waals surface area (Å²) in [5.74, 6) is 1.30. The van der Waals surface area contributed by atoms with E-state index in [2.05, 4.69) is 10.3 Å². The molecule has 6 heteroatoms. The van der Waals surface area contributed by atoms with Gasteiger partial charge < -0.3 is 15.6 Å². The highest BCUT2D eigenvalue weighted by Gasteiger charge is 2.17. The number of ether oxygens (including phenoxy) is 1. The van der Waals surface area contributed by atoms with Crippen LogP contribution in [0.25, 0.3) is 16.9 Å². The molecule has 0 unspecified atom stereocenters. The number of aromatic hydroxyl groups is 1. The molecule has 0 bridgehead atoms. The van der Waals surface area contributed by atoms with Crippen LogP contribution in [0.1, 0.15) is 5.56 Å². The molecule has 0 saturated heterocycles. The maximum Gasteiger partial charge on any atom is 0.156 e. The molecule has 3 N–H and O–H groups in total. The number of hydrogen-bond donors (Lipinski definition) is 2. The second kappa shape index (κ2) is 5.40. The Balaban J connectivity index is 2.13. The highest BCUT2D eigenvalue weighted by atomic mass is 16.5. The molecular formula is C16H16N4O2. The summed E-state index contributed by atoms with van der Waals surface area (Å²) in [5, 5.41) is 17.8. The topological polar surface area (TPSA) is 86.2 Å². The summed E-state index contributed by atoms with van der Waals surface area (Å²) in [5.41, 5.74) is 9.18. The van der Waals surface area contributed by atoms with Crippen molar-refractivity contribution in [2.45, 2.75) is 6.92 Å². The van der Waals surface area contributed by atoms with Crippen LogP contribution in [0.3, 0.4) is 0 Å². The van der Waals surface area contributed by atoms with Crippen LogP contribution in [-0.4, -0.2) is 27.2 Å². The van der Waals surface area contributed by atoms with Crippen LogP contribution < -0.4 is 10.5 Å². The Morgan fingerprint density at radius 2 is 1.95 bits per heavy atom. The van der Waals surface area contributed by atoms with Crippen LogP contribution in [-0.2, 0) is 0 Å². The Kier molecular flexibility index (Phi) is 3.42. The molecule has 0 aliphatic heterocycles. The first-order valence-corrected chi connectivity index (χ1v) is 6.76. The predicted molar refractivity (Wildman–Crippen MR) is 84.2 cm³/mol. The molecule has 1 aromatic heterocycles. The lowest BCUT2D eigenvalue weighted by molar-refractivity contribution is 0.416. The van der Waals surface area contributed by atoms with Crippen LogP contribution in [0.15, 0.2) is 42.5 Å². The number of aryl methyl sites for hydroxylation is 1. The van der Waals surface area contributed by atoms with E-state index in [-0.39, 0.29) is 5.75 Å². The first-order chi connectivity index (χ1) is 10.6. The van der Waals surface area contributed by atoms with E-state index in [0.29, 0.717) is 17.3 Å². The third-order valence-corrected chi connectivity index (χ3v) is 3.48. The van der Waals surface area contributed by atoms with Crippen molar-refractivity contribution in [1.29, 1.82) is 0 Å². The maximum atomic E-state index is 9.51. The number of rotatable bonds is 3. The number of methoxy groups -OCH3 is 1. The fourth-order valence-corrected chi connectivity index (χ4v) is 2.38. The lowest BCUT2D eigenvalue weighted by Gasteiger charge is -2.09. The third-order valence-electron chi connectivity index (χ3n) is 3.48. The molecular weight excluding hydrogens is 280 g/mol. The first kappa shape index (κ1) is 13.9. The van der Waals surface area contributed by atoms with Crippen molar-refractivity contribution < 1.29 is 9.84 Å². The Hall–Kier alpha value is -3.02. The van der Waals surface area contributed by atoms with E-state index >= 15 is 0 Å². The average Bonchev–Trinajstić information content (AvgIpc) is 2.89. The molecule has 3 rings (SSSR count). The Morgan fingerprint density at radius 3 is 2.68 bits per heavy atom. The largest absolute Gasteiger partial charge is 0.508 e. The van der Waals surface area contributed by atoms with Gasteiger partial charge in [-0.3, -0.25) is 0 Å². The van der Waals surface area contributed by atoms with Gasteiger partial charge in [-0.25, -0.2) is 0 Å². The van der Waals surface area contributed by atoms with Crippen molar-refractivity contribution in [1.82, 2.24) is 15.0 Å². The fourth-order valence-electron chi connectivity index (χ4n) is 2.38. The molecule has 0 atom stereocenters. The van der Waals surface area contributed by atoms with Gasteiger partial charge in [-0.2, -0.15) is 4.68 Å². The standard InChI is InChI=1S/C16H16N4O2/c1-10-9-11(21)7-8-13(10)20-16(17)15(18-19-20)12-5-3-4-6-14(12)22-2/h3-9,21H,17H2,1-2H3. The fraction of sp³-hybridized carbons (Fsp3) is 0.125. The number of anilines is 1. The summed E-state index contributed by atoms with van der Waals surface area (Å²) in [7, 11) is 1.60. The summed E-state index contributed by atoms with van der Waals surface area (Å²) >= 11 is 0. The lowest BCUT2D eigenvalue weighted by atomic mass is 10.1. The van der Waals surface area contributed by atoms with Crippen molar-refractivity contribution in [2.75, 3.05) is 12.8 Å². The van der Waals surface area contributed by atoms with Crippen molar-refractivity contribution in [2.24, 2.45) is 0 Å². The highest BCUT2D eigenvalue weighted by Crippen LogP contribution is 2.33. The molecule has 22 heavy (non-hydrogen) atoms. The molecule has 2 aromatic carbocycles. The smallest absolute Gasteiger partial charge is 0.156 e. The number of nitrogen functional groups attached to an aromatic ring is 1. The van der Waals surface area contributed by atoms with Gasteiger partial charge in [-0.1, -0.05) is 17.3 Å². The number of benzene rings is 2. The highest BCUT2D eigenvalue weighted by molar-refractivity contribution is 5.76. The minimum absolute atomic E-state index is 0.199. The number of para-hydroxylation sites is 1. The molecule has 0 aliphatic rings. The molecule has 0 saturated carbocycles. The quantitative estimate of drug-likeness (QED) is 0.775. The second-order valence-electron chi connectivity index (χ2n) is 4.91. The summed E-state index contributed by atoms with van der Waals surface area (Å²) in [6.07, 6.45) is 0. The van der Waals surface area contributed by atoms with Gasteiger partial charge in [0.1, 0.15) is 17.2 Å². The summed E-state index contributed by atoms with van der Waals surface area (Å²) in [6, 6.07) is 12.5. The Labute approximate surface area is 127 Å². The Morgan fingerprint density at radius 1 is 1.18 bits per heavy atom. The SMILES string of the molecule is COc1ccccc1-c1nnn(-c2ccc(O)cc2C)c1N. The number of nitrogens with two attached hydrogens (primary N) is 1. The predicted octanol–water partition coefficient (Wildman–Crippen LogP) is 2.54. The third kappa shape index (κ3) is 2.24. The maximum absolute atomic E-state index is 9.51. The van der Waals surface area contributed by atoms with E-state index in [4.69, 9.17) is 10.5 Å². The van der Waals surface area contributed by atoms with Gasteiger partial charge in [0.2, 0.25) is 0 Å². The monoisotopic (exact) mass is 296 g/mol. The van der Waals surface area contributed by atoms with Gasteiger partial charge >= 0.3 is 0 Å². The summed E-state index contributed by atoms with van der Waals surface area (Å²) in [4.78, 5) is 0. The lowest BCUT2D eigenvalue weighted by Crippen LogP contribution is -2.04. The first-order valence-electron chi connectivity index (χ1n) is 6.76. The van der Waals surface area contributed by atoms with E-state index in [1.165, 1.54) is 0 Å². The summed E-state index contributed by atoms with van der Waals surface area (Å²) in [6.45, 7) is 1.87. The number of phenolic OH excluding ortho intramolecular Hbond substituents is 1. The second-order valence-corrected chi connectivity index (χ2v) is 4.91. The number of aromatic nitrogens is 3. The van der Waals surface area contributed by atoms with E-state index < -0.39 is 0 Å². The van der Waals surface area contributed by atoms with E-state index in [1.807, 2.05) is 31.2 Å². The molecule has 1 heterocycles. The minimum Gasteiger partial charge on any atom is -0.508 e. The van der Waals surface area contributed by atoms with Gasteiger partial charge in [0.15, 0.2) is 5.82 Å². The molecule has 112 valence electrons. The zero-order valence-corrected chi connectivity index (χ0v) is 12.3. The number of nitrogens with zero attached hydrogens (tertiary/aromatic N) is 3. The van der Waals surface area contributed by atoms with E-state index in [9.17, 15) is 5.11 Å². The zero-order valence-electron chi connectivity index (χ0n) is 12.3. The van der Waals surface area contributed by atoms with Crippen molar-refractivity contribution in [3.63, 3.8) is 0 Å². The number of phenols is 1. The van der Waals surface area contributed by atoms with Gasteiger partial charge in [0, 0.05) is 5.56 Å². The van der Waals surface area contributed by atoms with E-state index in [1.54, 1.807) is 30.0 Å². The van der Waals surface area contributed by atoms with Crippen molar-refractivity contribution in [3.8, 4) is 28.4 Å². The minimum atomic E-state index is 0.199. The van der Waals surface area contributed by atoms with Gasteiger partial charge in [-0.05, 0) is 42.8 Å². The molecule has 0 aliphatic carbocycles. The summed E-state index contributed by atoms with van der Waals surface area (Å²) < 4.78 is 6.90. The molecule has 0 fully saturated rings. The molecule has 0 spiro atoms. The molecule has 0 radical (unpaired) electrons. The van der Waals surface area contributed by atoms with Crippen LogP contribution in [0, 0.1) is 6.92 Å². The molecule has 3 aromatic rings. The van der Waals surface area contributed by atoms with Crippen LogP contribution in [0.4, 0.5) is 5.82 Å². The normalized spacial score (nSPS) is 10.6. The number of hydrogen-bond acceptors (Lipinski definition) is 5. The van der Waals surface area contributed by atoms with Gasteiger partial charge in [0.05, 0.1) is 12.8 Å². The molecule has 0 amide bonds. The van der Waals surface area contributed by atoms with Gasteiger partial charge in [-0.15, -0.1) is 5.10 Å². The van der Waals surface area contributed by atoms with Gasteiger partial charge in [0.25, 0.3) is 0 Å². The van der Waals surface area contributed by atoms with Crippen LogP contribution >= 0.6 is 0 Å². The zero-order chi connectivity index (χ0) is 15.7. The van der Waals surface area contributed by atoms with E-state index in [0.717, 1.165) is 16.8 Å². The average molecular weight is 296 g/mol. The van der Waals surface area contributed by atoms with Crippen molar-refractivity contribution >= 4 is 5.82 Å². The molecule has 6 nitrogen and oxygen atoms in total. The van der Waals surface area contributed by atoms with Crippen molar-refractivity contribution in [3.05, 3.63) is 48.0 Å². The van der Waals surface area contributed by atoms with Crippen LogP contribution in [0.5, 0.6) is 11.5 Å². The van der Waals surface area contributed by atoms with Crippen LogP contribution in [0.2, 0.25) is 0 Å². The Bertz CT molecular complexity index is 827.